The van der Waals surface area contributed by atoms with Gasteiger partial charge in [0.25, 0.3) is 5.56 Å². The van der Waals surface area contributed by atoms with Crippen molar-refractivity contribution in [1.29, 1.82) is 0 Å². The second-order valence-corrected chi connectivity index (χ2v) is 9.62. The molecule has 0 amide bonds. The monoisotopic (exact) mass is 537 g/mol. The third-order valence-electron chi connectivity index (χ3n) is 5.78. The number of esters is 1. The minimum absolute atomic E-state index is 0.192. The Morgan fingerprint density at radius 2 is 1.97 bits per heavy atom. The summed E-state index contributed by atoms with van der Waals surface area (Å²) in [6.07, 6.45) is 3.34. The summed E-state index contributed by atoms with van der Waals surface area (Å²) >= 11 is 1.23. The predicted octanol–water partition coefficient (Wildman–Crippen LogP) is 3.42. The fraction of sp³-hybridized carbons (Fsp3) is 0.321. The Kier molecular flexibility index (Phi) is 8.21. The normalized spacial score (nSPS) is 15.1. The quantitative estimate of drug-likeness (QED) is 0.289. The lowest BCUT2D eigenvalue weighted by molar-refractivity contribution is -0.139. The number of carbonyl (C=O) groups is 1. The summed E-state index contributed by atoms with van der Waals surface area (Å²) in [6.45, 7) is 9.96. The Morgan fingerprint density at radius 3 is 2.63 bits per heavy atom. The predicted molar refractivity (Wildman–Crippen MR) is 147 cm³/mol. The summed E-state index contributed by atoms with van der Waals surface area (Å²) in [6, 6.07) is 8.24. The summed E-state index contributed by atoms with van der Waals surface area (Å²) in [5, 5.41) is 0. The zero-order valence-electron chi connectivity index (χ0n) is 22.1. The Morgan fingerprint density at radius 1 is 1.18 bits per heavy atom. The number of thiazole rings is 1. The van der Waals surface area contributed by atoms with Gasteiger partial charge in [0.15, 0.2) is 22.2 Å². The van der Waals surface area contributed by atoms with E-state index in [1.807, 2.05) is 38.1 Å². The first kappa shape index (κ1) is 27.0. The number of hydrogen-bond donors (Lipinski definition) is 0. The molecule has 0 radical (unpaired) electrons. The van der Waals surface area contributed by atoms with Gasteiger partial charge in [-0.3, -0.25) is 9.36 Å². The van der Waals surface area contributed by atoms with E-state index in [9.17, 15) is 9.59 Å². The average molecular weight is 538 g/mol. The first-order valence-electron chi connectivity index (χ1n) is 12.3. The summed E-state index contributed by atoms with van der Waals surface area (Å²) in [4.78, 5) is 33.9. The van der Waals surface area contributed by atoms with E-state index in [2.05, 4.69) is 11.6 Å². The molecular weight excluding hydrogens is 506 g/mol. The Hall–Kier alpha value is -4.05. The SMILES string of the molecule is C=CCOc1ccc([C@H]2C(C(=O)OCC)=C(C)N=c3sc(=Cc4ccc(N(C)C)o4)c(=O)n32)cc1OCC. The van der Waals surface area contributed by atoms with Crippen molar-refractivity contribution in [2.24, 2.45) is 4.99 Å². The molecule has 0 bridgehead atoms. The first-order chi connectivity index (χ1) is 18.3. The molecule has 0 spiro atoms. The van der Waals surface area contributed by atoms with E-state index in [0.717, 1.165) is 0 Å². The summed E-state index contributed by atoms with van der Waals surface area (Å²) in [5.41, 5.74) is 1.15. The number of aromatic nitrogens is 1. The lowest BCUT2D eigenvalue weighted by Crippen LogP contribution is -2.40. The summed E-state index contributed by atoms with van der Waals surface area (Å²) < 4.78 is 24.7. The molecule has 3 heterocycles. The summed E-state index contributed by atoms with van der Waals surface area (Å²) in [5.74, 6) is 1.72. The minimum Gasteiger partial charge on any atom is -0.490 e. The van der Waals surface area contributed by atoms with E-state index in [1.165, 1.54) is 15.9 Å². The minimum atomic E-state index is -0.769. The van der Waals surface area contributed by atoms with Crippen LogP contribution in [0.25, 0.3) is 6.08 Å². The van der Waals surface area contributed by atoms with E-state index >= 15 is 0 Å². The van der Waals surface area contributed by atoms with Crippen LogP contribution in [0.4, 0.5) is 5.88 Å². The van der Waals surface area contributed by atoms with Gasteiger partial charge in [-0.05, 0) is 44.5 Å². The highest BCUT2D eigenvalue weighted by Crippen LogP contribution is 2.36. The van der Waals surface area contributed by atoms with Gasteiger partial charge in [-0.25, -0.2) is 9.79 Å². The van der Waals surface area contributed by atoms with Gasteiger partial charge in [-0.2, -0.15) is 0 Å². The van der Waals surface area contributed by atoms with Crippen LogP contribution in [0.2, 0.25) is 0 Å². The molecule has 0 saturated carbocycles. The molecule has 0 saturated heterocycles. The van der Waals surface area contributed by atoms with E-state index in [4.69, 9.17) is 18.6 Å². The average Bonchev–Trinajstić information content (AvgIpc) is 3.47. The maximum absolute atomic E-state index is 13.8. The van der Waals surface area contributed by atoms with Crippen LogP contribution in [-0.2, 0) is 9.53 Å². The van der Waals surface area contributed by atoms with Gasteiger partial charge in [0.05, 0.1) is 35.1 Å². The van der Waals surface area contributed by atoms with Gasteiger partial charge in [0, 0.05) is 26.2 Å². The molecule has 1 atom stereocenters. The highest BCUT2D eigenvalue weighted by Gasteiger charge is 2.34. The zero-order chi connectivity index (χ0) is 27.4. The highest BCUT2D eigenvalue weighted by atomic mass is 32.1. The molecule has 1 aliphatic heterocycles. The first-order valence-corrected chi connectivity index (χ1v) is 13.1. The van der Waals surface area contributed by atoms with Crippen molar-refractivity contribution >= 4 is 29.3 Å². The lowest BCUT2D eigenvalue weighted by atomic mass is 9.95. The summed E-state index contributed by atoms with van der Waals surface area (Å²) in [7, 11) is 3.75. The second kappa shape index (κ2) is 11.6. The molecule has 9 nitrogen and oxygen atoms in total. The van der Waals surface area contributed by atoms with E-state index < -0.39 is 12.0 Å². The van der Waals surface area contributed by atoms with Crippen molar-refractivity contribution in [3.8, 4) is 11.5 Å². The van der Waals surface area contributed by atoms with Gasteiger partial charge in [-0.15, -0.1) is 0 Å². The lowest BCUT2D eigenvalue weighted by Gasteiger charge is -2.25. The van der Waals surface area contributed by atoms with Crippen LogP contribution in [0.3, 0.4) is 0 Å². The van der Waals surface area contributed by atoms with Crippen molar-refractivity contribution < 1.29 is 23.4 Å². The van der Waals surface area contributed by atoms with Crippen molar-refractivity contribution in [3.63, 3.8) is 0 Å². The maximum Gasteiger partial charge on any atom is 0.338 e. The fourth-order valence-electron chi connectivity index (χ4n) is 4.13. The molecule has 4 rings (SSSR count). The third kappa shape index (κ3) is 5.31. The van der Waals surface area contributed by atoms with Crippen molar-refractivity contribution in [2.75, 3.05) is 38.8 Å². The molecule has 0 N–H and O–H groups in total. The van der Waals surface area contributed by atoms with E-state index in [1.54, 1.807) is 44.2 Å². The number of allylic oxidation sites excluding steroid dienone is 1. The number of anilines is 1. The number of carbonyl (C=O) groups excluding carboxylic acids is 1. The van der Waals surface area contributed by atoms with Crippen LogP contribution in [-0.4, -0.2) is 44.5 Å². The number of benzene rings is 1. The van der Waals surface area contributed by atoms with Gasteiger partial charge in [0.2, 0.25) is 0 Å². The van der Waals surface area contributed by atoms with Crippen molar-refractivity contribution in [3.05, 3.63) is 85.3 Å². The second-order valence-electron chi connectivity index (χ2n) is 8.61. The topological polar surface area (TPSA) is 95.5 Å². The molecule has 10 heteroatoms. The molecule has 3 aromatic rings. The molecule has 0 fully saturated rings. The molecule has 1 aliphatic rings. The van der Waals surface area contributed by atoms with Crippen LogP contribution in [0, 0.1) is 0 Å². The number of rotatable bonds is 10. The Labute approximate surface area is 224 Å². The molecule has 0 unspecified atom stereocenters. The van der Waals surface area contributed by atoms with Gasteiger partial charge in [-0.1, -0.05) is 30.1 Å². The van der Waals surface area contributed by atoms with Gasteiger partial charge in [0.1, 0.15) is 12.4 Å². The van der Waals surface area contributed by atoms with Crippen LogP contribution in [0.15, 0.2) is 68.5 Å². The fourth-order valence-corrected chi connectivity index (χ4v) is 5.15. The van der Waals surface area contributed by atoms with E-state index in [0.29, 0.717) is 62.5 Å². The van der Waals surface area contributed by atoms with Gasteiger partial charge < -0.3 is 23.5 Å². The Bertz CT molecular complexity index is 1560. The Balaban J connectivity index is 1.91. The maximum atomic E-state index is 13.8. The third-order valence-corrected chi connectivity index (χ3v) is 6.77. The molecule has 200 valence electrons. The number of nitrogens with zero attached hydrogens (tertiary/aromatic N) is 3. The van der Waals surface area contributed by atoms with E-state index in [-0.39, 0.29) is 12.2 Å². The highest BCUT2D eigenvalue weighted by molar-refractivity contribution is 7.07. The van der Waals surface area contributed by atoms with Crippen LogP contribution in [0.1, 0.15) is 38.1 Å². The number of furan rings is 1. The largest absolute Gasteiger partial charge is 0.490 e. The van der Waals surface area contributed by atoms with Crippen LogP contribution in [0.5, 0.6) is 11.5 Å². The van der Waals surface area contributed by atoms with Crippen molar-refractivity contribution in [2.45, 2.75) is 26.8 Å². The standard InChI is InChI=1S/C28H31N3O6S/c1-7-14-36-20-12-10-18(15-21(20)34-8-2)25-24(27(33)35-9-3)17(4)29-28-31(25)26(32)22(38-28)16-19-11-13-23(37-19)30(5)6/h7,10-13,15-16,25H,1,8-9,14H2,2-6H3/t25-/m0/s1. The number of ether oxygens (including phenoxy) is 3. The van der Waals surface area contributed by atoms with Gasteiger partial charge >= 0.3 is 5.97 Å². The van der Waals surface area contributed by atoms with Crippen molar-refractivity contribution in [1.82, 2.24) is 4.57 Å². The smallest absolute Gasteiger partial charge is 0.338 e. The zero-order valence-corrected chi connectivity index (χ0v) is 23.0. The molecule has 1 aromatic carbocycles. The molecule has 0 aliphatic carbocycles. The number of fused-ring (bicyclic) bond motifs is 1. The number of hydrogen-bond acceptors (Lipinski definition) is 9. The van der Waals surface area contributed by atoms with Crippen LogP contribution >= 0.6 is 11.3 Å². The molecular formula is C28H31N3O6S. The van der Waals surface area contributed by atoms with Crippen LogP contribution < -0.4 is 29.3 Å². The molecule has 2 aromatic heterocycles. The molecule has 38 heavy (non-hydrogen) atoms.